The van der Waals surface area contributed by atoms with Crippen LogP contribution in [0.5, 0.6) is 0 Å². The van der Waals surface area contributed by atoms with Crippen molar-refractivity contribution < 1.29 is 45.7 Å². The van der Waals surface area contributed by atoms with Crippen LogP contribution in [0.15, 0.2) is 17.5 Å². The summed E-state index contributed by atoms with van der Waals surface area (Å²) in [5.41, 5.74) is -5.33. The standard InChI is InChI=1S/C5H3F3IO3S2/c6-5(7,8)14(10,11)12-9-4-2-1-3-13-4/h1-3H/q+1. The highest BCUT2D eigenvalue weighted by molar-refractivity contribution is 7.87. The number of thiophene rings is 1. The maximum absolute atomic E-state index is 11.8. The van der Waals surface area contributed by atoms with Crippen molar-refractivity contribution >= 4 is 21.5 Å². The van der Waals surface area contributed by atoms with Gasteiger partial charge in [-0.25, -0.2) is 0 Å². The Balaban J connectivity index is 2.63. The molecule has 0 aliphatic heterocycles. The predicted molar refractivity (Wildman–Crippen MR) is 39.1 cm³/mol. The van der Waals surface area contributed by atoms with Crippen molar-refractivity contribution in [3.8, 4) is 0 Å². The van der Waals surface area contributed by atoms with Gasteiger partial charge >= 0.3 is 37.2 Å². The van der Waals surface area contributed by atoms with E-state index in [2.05, 4.69) is 2.51 Å². The average molecular weight is 359 g/mol. The van der Waals surface area contributed by atoms with E-state index in [-0.39, 0.29) is 0 Å². The van der Waals surface area contributed by atoms with E-state index in [0.29, 0.717) is 2.88 Å². The molecular formula is C5H3F3IO3S2+. The highest BCUT2D eigenvalue weighted by Gasteiger charge is 2.52. The van der Waals surface area contributed by atoms with E-state index in [9.17, 15) is 21.6 Å². The lowest BCUT2D eigenvalue weighted by atomic mass is 10.7. The monoisotopic (exact) mass is 359 g/mol. The summed E-state index contributed by atoms with van der Waals surface area (Å²) in [7, 11) is -5.42. The first kappa shape index (κ1) is 12.2. The molecule has 0 atom stereocenters. The smallest absolute Gasteiger partial charge is 0.186 e. The summed E-state index contributed by atoms with van der Waals surface area (Å²) >= 11 is -0.414. The lowest BCUT2D eigenvalue weighted by molar-refractivity contribution is -0.834. The summed E-state index contributed by atoms with van der Waals surface area (Å²) in [5.74, 6) is 0. The maximum Gasteiger partial charge on any atom is 0.552 e. The molecule has 0 spiro atoms. The van der Waals surface area contributed by atoms with Crippen LogP contribution < -0.4 is 21.6 Å². The fourth-order valence-electron chi connectivity index (χ4n) is 0.411. The zero-order valence-electron chi connectivity index (χ0n) is 6.29. The van der Waals surface area contributed by atoms with Crippen LogP contribution in [0.3, 0.4) is 0 Å². The second-order valence-corrected chi connectivity index (χ2v) is 7.82. The van der Waals surface area contributed by atoms with Gasteiger partial charge in [0, 0.05) is 8.58 Å². The van der Waals surface area contributed by atoms with Crippen molar-refractivity contribution in [1.29, 1.82) is 0 Å². The molecule has 14 heavy (non-hydrogen) atoms. The molecule has 9 heteroatoms. The van der Waals surface area contributed by atoms with Crippen molar-refractivity contribution in [2.45, 2.75) is 5.51 Å². The van der Waals surface area contributed by atoms with Gasteiger partial charge in [-0.1, -0.05) is 11.3 Å². The summed E-state index contributed by atoms with van der Waals surface area (Å²) in [6.07, 6.45) is 0. The number of halogens is 4. The van der Waals surface area contributed by atoms with Crippen LogP contribution in [0.25, 0.3) is 0 Å². The first-order valence-corrected chi connectivity index (χ1v) is 7.26. The van der Waals surface area contributed by atoms with Gasteiger partial charge in [0.1, 0.15) is 0 Å². The molecule has 80 valence electrons. The van der Waals surface area contributed by atoms with Crippen LogP contribution in [-0.4, -0.2) is 13.9 Å². The highest BCUT2D eigenvalue weighted by atomic mass is 127. The highest BCUT2D eigenvalue weighted by Crippen LogP contribution is 2.22. The van der Waals surface area contributed by atoms with Crippen molar-refractivity contribution in [1.82, 2.24) is 0 Å². The fourth-order valence-corrected chi connectivity index (χ4v) is 4.58. The fraction of sp³-hybridized carbons (Fsp3) is 0.200. The minimum absolute atomic E-state index is 0.525. The van der Waals surface area contributed by atoms with E-state index in [1.807, 2.05) is 0 Å². The normalized spacial score (nSPS) is 13.1. The Bertz CT molecular complexity index is 383. The molecule has 0 aromatic carbocycles. The van der Waals surface area contributed by atoms with Crippen LogP contribution in [0.1, 0.15) is 0 Å². The average Bonchev–Trinajstić information content (AvgIpc) is 2.50. The second-order valence-electron chi connectivity index (χ2n) is 1.96. The van der Waals surface area contributed by atoms with E-state index >= 15 is 0 Å². The van der Waals surface area contributed by atoms with Gasteiger partial charge in [-0.3, -0.25) is 0 Å². The molecule has 1 heterocycles. The lowest BCUT2D eigenvalue weighted by Crippen LogP contribution is -3.61. The van der Waals surface area contributed by atoms with Crippen LogP contribution >= 0.6 is 11.3 Å². The molecule has 0 aliphatic carbocycles. The first-order valence-electron chi connectivity index (χ1n) is 3.01. The number of alkyl halides is 3. The van der Waals surface area contributed by atoms with Gasteiger partial charge in [0.25, 0.3) is 2.88 Å². The third kappa shape index (κ3) is 3.07. The van der Waals surface area contributed by atoms with Gasteiger partial charge in [-0.05, 0) is 11.4 Å². The van der Waals surface area contributed by atoms with Gasteiger partial charge in [0.2, 0.25) is 0 Å². The van der Waals surface area contributed by atoms with E-state index < -0.39 is 37.2 Å². The Morgan fingerprint density at radius 1 is 1.43 bits per heavy atom. The second kappa shape index (κ2) is 4.33. The molecule has 0 amide bonds. The predicted octanol–water partition coefficient (Wildman–Crippen LogP) is -1.21. The molecule has 0 fully saturated rings. The lowest BCUT2D eigenvalue weighted by Gasteiger charge is -1.98. The molecule has 1 rings (SSSR count). The molecular weight excluding hydrogens is 356 g/mol. The van der Waals surface area contributed by atoms with Gasteiger partial charge < -0.3 is 0 Å². The van der Waals surface area contributed by atoms with E-state index in [4.69, 9.17) is 0 Å². The van der Waals surface area contributed by atoms with Crippen LogP contribution in [-0.2, 0) is 12.6 Å². The van der Waals surface area contributed by atoms with Crippen LogP contribution in [0, 0.1) is 2.88 Å². The van der Waals surface area contributed by atoms with Crippen molar-refractivity contribution in [3.63, 3.8) is 0 Å². The third-order valence-corrected chi connectivity index (χ3v) is 6.35. The van der Waals surface area contributed by atoms with E-state index in [0.717, 1.165) is 0 Å². The summed E-state index contributed by atoms with van der Waals surface area (Å²) in [6, 6.07) is 3.15. The molecule has 0 N–H and O–H groups in total. The summed E-state index contributed by atoms with van der Waals surface area (Å²) < 4.78 is 60.6. The largest absolute Gasteiger partial charge is 0.552 e. The zero-order chi connectivity index (χ0) is 10.8. The molecule has 0 radical (unpaired) electrons. The maximum atomic E-state index is 11.8. The zero-order valence-corrected chi connectivity index (χ0v) is 10.1. The molecule has 0 unspecified atom stereocenters. The number of hydrogen-bond acceptors (Lipinski definition) is 4. The van der Waals surface area contributed by atoms with Crippen molar-refractivity contribution in [2.24, 2.45) is 0 Å². The molecule has 1 aromatic rings. The molecule has 1 aromatic heterocycles. The number of rotatable bonds is 3. The van der Waals surface area contributed by atoms with Gasteiger partial charge in [0.05, 0.1) is 0 Å². The summed E-state index contributed by atoms with van der Waals surface area (Å²) in [4.78, 5) is 0. The Labute approximate surface area is 92.8 Å². The van der Waals surface area contributed by atoms with Crippen LogP contribution in [0.2, 0.25) is 0 Å². The Morgan fingerprint density at radius 2 is 2.07 bits per heavy atom. The van der Waals surface area contributed by atoms with Gasteiger partial charge in [-0.2, -0.15) is 21.6 Å². The molecule has 3 nitrogen and oxygen atoms in total. The van der Waals surface area contributed by atoms with E-state index in [1.165, 1.54) is 17.4 Å². The van der Waals surface area contributed by atoms with Crippen molar-refractivity contribution in [3.05, 3.63) is 20.4 Å². The van der Waals surface area contributed by atoms with Crippen LogP contribution in [0.4, 0.5) is 13.2 Å². The Kier molecular flexibility index (Phi) is 3.77. The SMILES string of the molecule is O=S(=O)(O[I+]c1cccs1)C(F)(F)F. The molecule has 0 bridgehead atoms. The van der Waals surface area contributed by atoms with Gasteiger partial charge in [0.15, 0.2) is 0 Å². The number of hydrogen-bond donors (Lipinski definition) is 0. The quantitative estimate of drug-likeness (QED) is 0.503. The summed E-state index contributed by atoms with van der Waals surface area (Å²) in [6.45, 7) is 0. The molecule has 0 saturated heterocycles. The molecule has 0 aliphatic rings. The summed E-state index contributed by atoms with van der Waals surface area (Å²) in [5, 5.41) is 1.64. The topological polar surface area (TPSA) is 43.4 Å². The molecule has 0 saturated carbocycles. The minimum atomic E-state index is -5.42. The van der Waals surface area contributed by atoms with E-state index in [1.54, 1.807) is 11.4 Å². The Hall–Kier alpha value is 0.130. The van der Waals surface area contributed by atoms with Gasteiger partial charge in [-0.15, -0.1) is 0 Å². The minimum Gasteiger partial charge on any atom is -0.186 e. The van der Waals surface area contributed by atoms with Crippen molar-refractivity contribution in [2.75, 3.05) is 0 Å². The third-order valence-electron chi connectivity index (χ3n) is 0.960. The Morgan fingerprint density at radius 3 is 2.50 bits per heavy atom. The first-order chi connectivity index (χ1) is 6.33.